The number of imidazole rings is 1. The summed E-state index contributed by atoms with van der Waals surface area (Å²) in [6.45, 7) is 4.00. The summed E-state index contributed by atoms with van der Waals surface area (Å²) in [5.41, 5.74) is 3.83. The number of carbonyl (C=O) groups is 1. The van der Waals surface area contributed by atoms with Crippen molar-refractivity contribution in [1.82, 2.24) is 14.5 Å². The molecule has 30 heavy (non-hydrogen) atoms. The van der Waals surface area contributed by atoms with Crippen molar-refractivity contribution in [1.29, 1.82) is 0 Å². The number of amides is 1. The minimum Gasteiger partial charge on any atom is -0.327 e. The number of hydrogen-bond acceptors (Lipinski definition) is 2. The van der Waals surface area contributed by atoms with Crippen molar-refractivity contribution in [3.63, 3.8) is 0 Å². The molecule has 4 rings (SSSR count). The molecule has 152 valence electrons. The minimum absolute atomic E-state index is 0.0126. The number of benzene rings is 3. The van der Waals surface area contributed by atoms with Crippen LogP contribution < -0.4 is 0 Å². The number of hydrogen-bond donors (Lipinski definition) is 0. The molecule has 4 nitrogen and oxygen atoms in total. The van der Waals surface area contributed by atoms with E-state index in [2.05, 4.69) is 45.6 Å². The number of carbonyl (C=O) groups excluding carboxylic acids is 1. The highest BCUT2D eigenvalue weighted by Crippen LogP contribution is 2.23. The Morgan fingerprint density at radius 3 is 2.40 bits per heavy atom. The van der Waals surface area contributed by atoms with Gasteiger partial charge in [0.25, 0.3) is 5.91 Å². The van der Waals surface area contributed by atoms with Gasteiger partial charge in [0, 0.05) is 17.6 Å². The van der Waals surface area contributed by atoms with Crippen LogP contribution in [0.4, 0.5) is 0 Å². The predicted octanol–water partition coefficient (Wildman–Crippen LogP) is 6.05. The summed E-state index contributed by atoms with van der Waals surface area (Å²) in [7, 11) is 0. The van der Waals surface area contributed by atoms with Gasteiger partial charge in [0.15, 0.2) is 0 Å². The van der Waals surface area contributed by atoms with E-state index in [1.165, 1.54) is 0 Å². The fourth-order valence-electron chi connectivity index (χ4n) is 3.70. The summed E-state index contributed by atoms with van der Waals surface area (Å²) in [6, 6.07) is 25.8. The van der Waals surface area contributed by atoms with Crippen LogP contribution in [0.15, 0.2) is 83.3 Å². The lowest BCUT2D eigenvalue weighted by atomic mass is 10.1. The van der Waals surface area contributed by atoms with E-state index >= 15 is 0 Å². The van der Waals surface area contributed by atoms with Crippen LogP contribution in [0.25, 0.3) is 11.0 Å². The van der Waals surface area contributed by atoms with Crippen LogP contribution in [0.1, 0.15) is 35.1 Å². The van der Waals surface area contributed by atoms with Gasteiger partial charge in [-0.25, -0.2) is 4.98 Å². The summed E-state index contributed by atoms with van der Waals surface area (Å²) < 4.78 is 3.04. The molecule has 1 aromatic heterocycles. The number of aromatic nitrogens is 2. The standard InChI is InChI=1S/C25H24BrN3O/c1-2-16-29-23-15-9-8-14-22(23)27-24(29)18-28(17-19-10-4-3-5-11-19)25(30)20-12-6-7-13-21(20)26/h3-15H,2,16-18H2,1H3. The minimum atomic E-state index is -0.0126. The second-order valence-corrected chi connectivity index (χ2v) is 8.15. The first-order chi connectivity index (χ1) is 14.7. The lowest BCUT2D eigenvalue weighted by molar-refractivity contribution is 0.0723. The number of para-hydroxylation sites is 2. The van der Waals surface area contributed by atoms with Crippen molar-refractivity contribution in [2.75, 3.05) is 0 Å². The van der Waals surface area contributed by atoms with E-state index in [0.717, 1.165) is 39.9 Å². The molecule has 0 N–H and O–H groups in total. The lowest BCUT2D eigenvalue weighted by Crippen LogP contribution is -2.31. The normalized spacial score (nSPS) is 11.0. The van der Waals surface area contributed by atoms with E-state index in [1.54, 1.807) is 0 Å². The molecule has 0 unspecified atom stereocenters. The van der Waals surface area contributed by atoms with E-state index in [0.29, 0.717) is 18.7 Å². The molecule has 0 aliphatic heterocycles. The maximum absolute atomic E-state index is 13.5. The van der Waals surface area contributed by atoms with E-state index in [9.17, 15) is 4.79 Å². The van der Waals surface area contributed by atoms with Gasteiger partial charge < -0.3 is 9.47 Å². The molecule has 0 spiro atoms. The third-order valence-electron chi connectivity index (χ3n) is 5.12. The zero-order chi connectivity index (χ0) is 20.9. The maximum atomic E-state index is 13.5. The Hall–Kier alpha value is -2.92. The van der Waals surface area contributed by atoms with Crippen LogP contribution in [0, 0.1) is 0 Å². The van der Waals surface area contributed by atoms with Gasteiger partial charge in [0.1, 0.15) is 5.82 Å². The number of aryl methyl sites for hydroxylation is 1. The highest BCUT2D eigenvalue weighted by molar-refractivity contribution is 9.10. The third-order valence-corrected chi connectivity index (χ3v) is 5.81. The number of halogens is 1. The Morgan fingerprint density at radius 1 is 0.933 bits per heavy atom. The molecule has 1 amide bonds. The highest BCUT2D eigenvalue weighted by Gasteiger charge is 2.21. The van der Waals surface area contributed by atoms with Crippen molar-refractivity contribution in [2.24, 2.45) is 0 Å². The van der Waals surface area contributed by atoms with Crippen molar-refractivity contribution in [3.05, 3.63) is 100 Å². The van der Waals surface area contributed by atoms with Crippen molar-refractivity contribution in [3.8, 4) is 0 Å². The zero-order valence-corrected chi connectivity index (χ0v) is 18.5. The average Bonchev–Trinajstić information content (AvgIpc) is 3.11. The second kappa shape index (κ2) is 9.26. The summed E-state index contributed by atoms with van der Waals surface area (Å²) in [6.07, 6.45) is 1.00. The van der Waals surface area contributed by atoms with Gasteiger partial charge in [0.2, 0.25) is 0 Å². The Kier molecular flexibility index (Phi) is 6.29. The molecule has 0 aliphatic rings. The number of rotatable bonds is 7. The maximum Gasteiger partial charge on any atom is 0.255 e. The molecule has 0 saturated carbocycles. The fourth-order valence-corrected chi connectivity index (χ4v) is 4.15. The first kappa shape index (κ1) is 20.4. The van der Waals surface area contributed by atoms with Crippen LogP contribution >= 0.6 is 15.9 Å². The Morgan fingerprint density at radius 2 is 1.63 bits per heavy atom. The first-order valence-electron chi connectivity index (χ1n) is 10.2. The molecule has 5 heteroatoms. The summed E-state index contributed by atoms with van der Waals surface area (Å²) >= 11 is 3.54. The summed E-state index contributed by atoms with van der Waals surface area (Å²) in [4.78, 5) is 20.3. The van der Waals surface area contributed by atoms with Crippen LogP contribution in [-0.4, -0.2) is 20.4 Å². The molecule has 0 saturated heterocycles. The smallest absolute Gasteiger partial charge is 0.255 e. The van der Waals surface area contributed by atoms with Gasteiger partial charge in [-0.2, -0.15) is 0 Å². The second-order valence-electron chi connectivity index (χ2n) is 7.30. The largest absolute Gasteiger partial charge is 0.327 e. The van der Waals surface area contributed by atoms with Gasteiger partial charge in [-0.1, -0.05) is 61.5 Å². The predicted molar refractivity (Wildman–Crippen MR) is 124 cm³/mol. The Balaban J connectivity index is 1.73. The van der Waals surface area contributed by atoms with Gasteiger partial charge in [-0.3, -0.25) is 4.79 Å². The van der Waals surface area contributed by atoms with Crippen LogP contribution in [-0.2, 0) is 19.6 Å². The zero-order valence-electron chi connectivity index (χ0n) is 17.0. The molecule has 1 heterocycles. The van der Waals surface area contributed by atoms with Crippen molar-refractivity contribution >= 4 is 32.9 Å². The SMILES string of the molecule is CCCn1c(CN(Cc2ccccc2)C(=O)c2ccccc2Br)nc2ccccc21. The molecule has 3 aromatic carbocycles. The van der Waals surface area contributed by atoms with E-state index < -0.39 is 0 Å². The van der Waals surface area contributed by atoms with E-state index in [1.807, 2.05) is 65.6 Å². The van der Waals surface area contributed by atoms with Gasteiger partial charge in [0.05, 0.1) is 23.1 Å². The quantitative estimate of drug-likeness (QED) is 0.335. The third kappa shape index (κ3) is 4.31. The number of nitrogens with zero attached hydrogens (tertiary/aromatic N) is 3. The summed E-state index contributed by atoms with van der Waals surface area (Å²) in [5.74, 6) is 0.899. The fraction of sp³-hybridized carbons (Fsp3) is 0.200. The Bertz CT molecular complexity index is 1150. The molecule has 0 aliphatic carbocycles. The number of fused-ring (bicyclic) bond motifs is 1. The average molecular weight is 462 g/mol. The highest BCUT2D eigenvalue weighted by atomic mass is 79.9. The van der Waals surface area contributed by atoms with Crippen LogP contribution in [0.3, 0.4) is 0 Å². The first-order valence-corrected chi connectivity index (χ1v) is 11.0. The Labute approximate surface area is 185 Å². The van der Waals surface area contributed by atoms with E-state index in [4.69, 9.17) is 4.98 Å². The molecular formula is C25H24BrN3O. The molecular weight excluding hydrogens is 438 g/mol. The topological polar surface area (TPSA) is 38.1 Å². The molecule has 0 bridgehead atoms. The molecule has 0 atom stereocenters. The monoisotopic (exact) mass is 461 g/mol. The van der Waals surface area contributed by atoms with Crippen molar-refractivity contribution in [2.45, 2.75) is 33.0 Å². The van der Waals surface area contributed by atoms with Crippen molar-refractivity contribution < 1.29 is 4.79 Å². The molecule has 4 aromatic rings. The van der Waals surface area contributed by atoms with Gasteiger partial charge in [-0.05, 0) is 52.2 Å². The van der Waals surface area contributed by atoms with Crippen LogP contribution in [0.2, 0.25) is 0 Å². The molecule has 0 fully saturated rings. The van der Waals surface area contributed by atoms with Gasteiger partial charge >= 0.3 is 0 Å². The van der Waals surface area contributed by atoms with Crippen LogP contribution in [0.5, 0.6) is 0 Å². The van der Waals surface area contributed by atoms with E-state index in [-0.39, 0.29) is 5.91 Å². The van der Waals surface area contributed by atoms with Gasteiger partial charge in [-0.15, -0.1) is 0 Å². The lowest BCUT2D eigenvalue weighted by Gasteiger charge is -2.24. The molecule has 0 radical (unpaired) electrons. The summed E-state index contributed by atoms with van der Waals surface area (Å²) in [5, 5.41) is 0.